The second-order valence-electron chi connectivity index (χ2n) is 24.5. The van der Waals surface area contributed by atoms with Crippen LogP contribution in [0.25, 0.3) is 36.8 Å². The van der Waals surface area contributed by atoms with Crippen LogP contribution >= 0.6 is 31.9 Å². The van der Waals surface area contributed by atoms with Crippen LogP contribution in [0, 0.1) is 58.7 Å². The Balaban J connectivity index is 0.000000200. The molecule has 1 unspecified atom stereocenters. The molecule has 0 aliphatic carbocycles. The van der Waals surface area contributed by atoms with Gasteiger partial charge < -0.3 is 33.0 Å². The van der Waals surface area contributed by atoms with E-state index in [1.807, 2.05) is 171 Å². The highest BCUT2D eigenvalue weighted by molar-refractivity contribution is 9.10. The van der Waals surface area contributed by atoms with E-state index in [1.54, 1.807) is 74.4 Å². The fourth-order valence-corrected chi connectivity index (χ4v) is 9.64. The Kier molecular flexibility index (Phi) is 25.2. The van der Waals surface area contributed by atoms with Crippen LogP contribution in [0.5, 0.6) is 0 Å². The van der Waals surface area contributed by atoms with Crippen molar-refractivity contribution in [1.82, 2.24) is 15.0 Å². The first-order valence-corrected chi connectivity index (χ1v) is 30.4. The number of nitrogens with zero attached hydrogens (tertiary/aromatic N) is 7. The summed E-state index contributed by atoms with van der Waals surface area (Å²) in [6.07, 6.45) is 10.9. The van der Waals surface area contributed by atoms with Gasteiger partial charge in [0.2, 0.25) is 0 Å². The molecule has 7 aromatic rings. The number of nitriles is 1. The predicted molar refractivity (Wildman–Crippen MR) is 364 cm³/mol. The van der Waals surface area contributed by atoms with Gasteiger partial charge in [0.1, 0.15) is 0 Å². The van der Waals surface area contributed by atoms with Gasteiger partial charge in [0.05, 0.1) is 71.1 Å². The standard InChI is InChI=1S/C15H14N2O.C14H18BNO2.C14H10N2O.C12H24B2O4.C8H6BrN.C6H4BrNO/c1-10-8-12(4-5-15(10)16-3)14-9-17-7-6-13(14)11(2)18;1-10-9-11(7-8-12(10)16-6)15-17-13(2,3)14(4,5)18-15;1-10-7-11(3-4-14(10)15-2)13-8-16-6-5-12(13)9-17;1-9(2)10(3,4)16-13(15-9)14-17-11(5,6)12(7,8)18-14;1-6-4-8(9)3-2-7(6)5-10;7-6-3-8-2-1-5(6)4-9/h4-9,11,18H,1-2H3;7-9H,1-5H3;3-9H,1H3;1-8H3;2-4H,1H3;1-4H. The first kappa shape index (κ1) is 73.2. The number of aliphatic hydroxyl groups excluding tert-OH is 1. The van der Waals surface area contributed by atoms with Crippen molar-refractivity contribution < 1.29 is 42.6 Å². The third kappa shape index (κ3) is 18.4. The summed E-state index contributed by atoms with van der Waals surface area (Å²) in [5, 5.41) is 18.3. The number of pyridine rings is 3. The van der Waals surface area contributed by atoms with Crippen molar-refractivity contribution in [2.45, 2.75) is 157 Å². The molecule has 3 aliphatic heterocycles. The molecule has 21 heteroatoms. The molecule has 0 spiro atoms. The van der Waals surface area contributed by atoms with Gasteiger partial charge in [-0.2, -0.15) is 5.26 Å². The minimum atomic E-state index is -0.538. The molecular formula is C69H76B3Br2N7O9. The summed E-state index contributed by atoms with van der Waals surface area (Å²) in [4.78, 5) is 43.3. The number of aromatic nitrogens is 3. The van der Waals surface area contributed by atoms with E-state index in [4.69, 9.17) is 52.9 Å². The smallest absolute Gasteiger partial charge is 0.405 e. The van der Waals surface area contributed by atoms with E-state index in [1.165, 1.54) is 0 Å². The van der Waals surface area contributed by atoms with E-state index in [2.05, 4.69) is 67.4 Å². The van der Waals surface area contributed by atoms with Crippen LogP contribution in [0.2, 0.25) is 0 Å². The van der Waals surface area contributed by atoms with Gasteiger partial charge in [-0.1, -0.05) is 70.5 Å². The molecule has 3 fully saturated rings. The third-order valence-corrected chi connectivity index (χ3v) is 17.6. The van der Waals surface area contributed by atoms with E-state index in [0.29, 0.717) is 28.2 Å². The summed E-state index contributed by atoms with van der Waals surface area (Å²) >= 11 is 6.48. The first-order valence-electron chi connectivity index (χ1n) is 28.9. The maximum atomic E-state index is 10.9. The zero-order chi connectivity index (χ0) is 67.2. The van der Waals surface area contributed by atoms with Gasteiger partial charge >= 0.3 is 21.1 Å². The number of halogens is 2. The lowest BCUT2D eigenvalue weighted by molar-refractivity contribution is 0.00578. The van der Waals surface area contributed by atoms with Gasteiger partial charge in [0.15, 0.2) is 29.6 Å². The summed E-state index contributed by atoms with van der Waals surface area (Å²) < 4.78 is 37.6. The van der Waals surface area contributed by atoms with E-state index in [0.717, 1.165) is 82.6 Å². The van der Waals surface area contributed by atoms with Crippen LogP contribution in [0.15, 0.2) is 137 Å². The van der Waals surface area contributed by atoms with Gasteiger partial charge in [-0.3, -0.25) is 24.5 Å². The van der Waals surface area contributed by atoms with E-state index in [9.17, 15) is 14.7 Å². The normalized spacial score (nSPS) is 16.6. The number of carbonyl (C=O) groups excluding carboxylic acids is 2. The van der Waals surface area contributed by atoms with Crippen molar-refractivity contribution in [3.8, 4) is 28.3 Å². The molecule has 3 saturated heterocycles. The second kappa shape index (κ2) is 31.0. The molecular weight excluding hydrogens is 1260 g/mol. The number of benzene rings is 4. The lowest BCUT2D eigenvalue weighted by atomic mass is 9.49. The van der Waals surface area contributed by atoms with Crippen molar-refractivity contribution in [3.63, 3.8) is 0 Å². The molecule has 1 N–H and O–H groups in total. The summed E-state index contributed by atoms with van der Waals surface area (Å²) in [7, 11) is -1.31. The van der Waals surface area contributed by atoms with Crippen LogP contribution in [-0.4, -0.2) is 87.4 Å². The van der Waals surface area contributed by atoms with Gasteiger partial charge in [-0.15, -0.1) is 0 Å². The monoisotopic (exact) mass is 1340 g/mol. The van der Waals surface area contributed by atoms with Crippen molar-refractivity contribution >= 4 is 88.1 Å². The quantitative estimate of drug-likeness (QED) is 0.0904. The van der Waals surface area contributed by atoms with E-state index < -0.39 is 20.1 Å². The van der Waals surface area contributed by atoms with Crippen LogP contribution in [0.1, 0.15) is 150 Å². The number of aliphatic hydroxyl groups is 1. The second-order valence-corrected chi connectivity index (χ2v) is 26.3. The molecule has 0 amide bonds. The average molecular weight is 1340 g/mol. The number of hydrogen-bond donors (Lipinski definition) is 1. The predicted octanol–water partition coefficient (Wildman–Crippen LogP) is 16.5. The van der Waals surface area contributed by atoms with Crippen molar-refractivity contribution in [2.75, 3.05) is 0 Å². The van der Waals surface area contributed by atoms with Gasteiger partial charge in [0.25, 0.3) is 0 Å². The zero-order valence-electron chi connectivity index (χ0n) is 54.2. The lowest BCUT2D eigenvalue weighted by Crippen LogP contribution is -2.41. The topological polar surface area (TPSA) is 185 Å². The SMILES string of the molecule is CC1(C)OB(B2OC(C)(C)C(C)(C)O2)OC1(C)C.Cc1cc(Br)ccc1C#N.O=Cc1ccncc1Br.[C-]#[N+]c1ccc(-c2cnccc2C(C)O)cc1C.[C-]#[N+]c1ccc(-c2cnccc2C=O)cc1C.[C-]#[N+]c1ccc(B2OC(C)(C)C(C)(C)O2)cc1C. The number of rotatable bonds is 7. The maximum absolute atomic E-state index is 10.9. The number of carbonyl (C=O) groups is 2. The van der Waals surface area contributed by atoms with Crippen LogP contribution in [0.4, 0.5) is 17.1 Å². The highest BCUT2D eigenvalue weighted by Gasteiger charge is 2.63. The maximum Gasteiger partial charge on any atom is 0.494 e. The van der Waals surface area contributed by atoms with Gasteiger partial charge in [-0.05, 0) is 214 Å². The van der Waals surface area contributed by atoms with Gasteiger partial charge in [0, 0.05) is 68.4 Å². The zero-order valence-corrected chi connectivity index (χ0v) is 57.4. The fourth-order valence-electron chi connectivity index (χ4n) is 8.82. The minimum Gasteiger partial charge on any atom is -0.405 e. The largest absolute Gasteiger partial charge is 0.494 e. The molecule has 90 heavy (non-hydrogen) atoms. The van der Waals surface area contributed by atoms with Gasteiger partial charge in [-0.25, -0.2) is 14.5 Å². The Bertz CT molecular complexity index is 3790. The highest BCUT2D eigenvalue weighted by Crippen LogP contribution is 2.43. The Morgan fingerprint density at radius 2 is 0.922 bits per heavy atom. The van der Waals surface area contributed by atoms with Crippen molar-refractivity contribution in [2.24, 2.45) is 0 Å². The highest BCUT2D eigenvalue weighted by atomic mass is 79.9. The summed E-state index contributed by atoms with van der Waals surface area (Å²) in [6.45, 7) is 54.8. The molecule has 0 saturated carbocycles. The first-order chi connectivity index (χ1) is 42.1. The minimum absolute atomic E-state index is 0.329. The van der Waals surface area contributed by atoms with E-state index >= 15 is 0 Å². The average Bonchev–Trinajstić information content (AvgIpc) is 1.61. The summed E-state index contributed by atoms with van der Waals surface area (Å²) in [5.41, 5.74) is 11.0. The molecule has 10 rings (SSSR count). The Labute approximate surface area is 549 Å². The number of hydrogen-bond acceptors (Lipinski definition) is 13. The summed E-state index contributed by atoms with van der Waals surface area (Å²) in [5.74, 6) is 0. The lowest BCUT2D eigenvalue weighted by Gasteiger charge is -2.32. The molecule has 1 atom stereocenters. The number of aryl methyl sites for hydroxylation is 4. The molecule has 0 radical (unpaired) electrons. The molecule has 16 nitrogen and oxygen atoms in total. The van der Waals surface area contributed by atoms with Crippen molar-refractivity contribution in [3.05, 3.63) is 216 Å². The van der Waals surface area contributed by atoms with Crippen LogP contribution < -0.4 is 5.46 Å². The Hall–Kier alpha value is -7.50. The molecule has 464 valence electrons. The van der Waals surface area contributed by atoms with Crippen molar-refractivity contribution in [1.29, 1.82) is 5.26 Å². The Morgan fingerprint density at radius 3 is 1.31 bits per heavy atom. The van der Waals surface area contributed by atoms with E-state index in [-0.39, 0.29) is 40.7 Å². The molecule has 3 aromatic heterocycles. The van der Waals surface area contributed by atoms with Crippen LogP contribution in [0.3, 0.4) is 0 Å². The molecule has 6 heterocycles. The molecule has 0 bridgehead atoms. The summed E-state index contributed by atoms with van der Waals surface area (Å²) in [6, 6.07) is 29.7. The Morgan fingerprint density at radius 1 is 0.522 bits per heavy atom. The molecule has 3 aliphatic rings. The van der Waals surface area contributed by atoms with Crippen LogP contribution in [-0.2, 0) is 27.9 Å². The molecule has 4 aromatic carbocycles. The number of aldehydes is 2. The fraction of sp³-hybridized carbons (Fsp3) is 0.348. The third-order valence-electron chi connectivity index (χ3n) is 16.4.